The van der Waals surface area contributed by atoms with Gasteiger partial charge in [-0.2, -0.15) is 8.42 Å². The van der Waals surface area contributed by atoms with Gasteiger partial charge in [-0.05, 0) is 25.5 Å². The summed E-state index contributed by atoms with van der Waals surface area (Å²) in [6, 6.07) is 4.95. The molecule has 24 heavy (non-hydrogen) atoms. The molecule has 1 atom stereocenters. The smallest absolute Gasteiger partial charge is 0.361 e. The molecule has 0 saturated heterocycles. The third kappa shape index (κ3) is 3.51. The molecule has 132 valence electrons. The van der Waals surface area contributed by atoms with Gasteiger partial charge in [0.1, 0.15) is 5.75 Å². The van der Waals surface area contributed by atoms with Crippen molar-refractivity contribution in [1.29, 1.82) is 0 Å². The van der Waals surface area contributed by atoms with Crippen molar-refractivity contribution >= 4 is 22.2 Å². The fraction of sp³-hybridized carbons (Fsp3) is 0.467. The monoisotopic (exact) mass is 357 g/mol. The molecule has 0 fully saturated rings. The summed E-state index contributed by atoms with van der Waals surface area (Å²) in [6.45, 7) is 4.96. The molecule has 0 bridgehead atoms. The summed E-state index contributed by atoms with van der Waals surface area (Å²) in [4.78, 5) is 23.1. The lowest BCUT2D eigenvalue weighted by Crippen LogP contribution is -2.36. The summed E-state index contributed by atoms with van der Waals surface area (Å²) in [6.07, 6.45) is -0.992. The van der Waals surface area contributed by atoms with Gasteiger partial charge in [0.25, 0.3) is 6.29 Å². The van der Waals surface area contributed by atoms with Crippen LogP contribution in [0.4, 0.5) is 0 Å². The topological polar surface area (TPSA) is 110 Å². The van der Waals surface area contributed by atoms with Crippen LogP contribution in [0.3, 0.4) is 0 Å². The summed E-state index contributed by atoms with van der Waals surface area (Å²) < 4.78 is 41.9. The van der Waals surface area contributed by atoms with Crippen LogP contribution in [0.15, 0.2) is 18.2 Å². The van der Waals surface area contributed by atoms with E-state index in [9.17, 15) is 18.0 Å². The van der Waals surface area contributed by atoms with Gasteiger partial charge in [0.2, 0.25) is 5.91 Å². The Labute approximate surface area is 140 Å². The first-order valence-electron chi connectivity index (χ1n) is 7.14. The van der Waals surface area contributed by atoms with Gasteiger partial charge in [-0.25, -0.2) is 4.31 Å². The van der Waals surface area contributed by atoms with E-state index < -0.39 is 33.9 Å². The van der Waals surface area contributed by atoms with E-state index in [1.54, 1.807) is 18.2 Å². The van der Waals surface area contributed by atoms with Crippen LogP contribution in [-0.2, 0) is 36.5 Å². The second kappa shape index (κ2) is 6.06. The highest BCUT2D eigenvalue weighted by atomic mass is 32.2. The van der Waals surface area contributed by atoms with Crippen LogP contribution in [0.25, 0.3) is 0 Å². The minimum Gasteiger partial charge on any atom is -0.454 e. The molecule has 1 unspecified atom stereocenters. The van der Waals surface area contributed by atoms with Gasteiger partial charge in [0.05, 0.1) is 11.8 Å². The molecule has 8 nitrogen and oxygen atoms in total. The van der Waals surface area contributed by atoms with Crippen molar-refractivity contribution < 1.29 is 32.0 Å². The first-order valence-corrected chi connectivity index (χ1v) is 8.54. The number of benzene rings is 1. The van der Waals surface area contributed by atoms with Crippen LogP contribution in [0.1, 0.15) is 31.9 Å². The highest BCUT2D eigenvalue weighted by molar-refractivity contribution is 7.83. The Kier molecular flexibility index (Phi) is 4.60. The first kappa shape index (κ1) is 18.2. The van der Waals surface area contributed by atoms with E-state index >= 15 is 0 Å². The van der Waals surface area contributed by atoms with Gasteiger partial charge < -0.3 is 9.47 Å². The van der Waals surface area contributed by atoms with Gasteiger partial charge in [-0.1, -0.05) is 12.1 Å². The zero-order valence-corrected chi connectivity index (χ0v) is 14.6. The molecule has 1 aliphatic rings. The standard InChI is InChI=1S/C15H19NO7S/c1-9(17)22-14-15(2,3)11-7-10(5-6-12(11)23-14)8-13(18)16(4)24(19,20)21/h5-7,14H,8H2,1-4H3,(H,19,20,21). The third-order valence-electron chi connectivity index (χ3n) is 3.89. The maximum atomic E-state index is 11.9. The molecule has 0 spiro atoms. The molecule has 1 heterocycles. The SMILES string of the molecule is CC(=O)OC1Oc2ccc(CC(=O)N(C)S(=O)(=O)O)cc2C1(C)C. The lowest BCUT2D eigenvalue weighted by atomic mass is 9.84. The van der Waals surface area contributed by atoms with E-state index in [-0.39, 0.29) is 10.7 Å². The largest absolute Gasteiger partial charge is 0.454 e. The maximum absolute atomic E-state index is 11.9. The normalized spacial score (nSPS) is 18.5. The molecule has 1 amide bonds. The molecule has 2 rings (SSSR count). The molecule has 0 aromatic heterocycles. The van der Waals surface area contributed by atoms with Crippen LogP contribution in [-0.4, -0.2) is 42.5 Å². The number of hydrogen-bond donors (Lipinski definition) is 1. The fourth-order valence-electron chi connectivity index (χ4n) is 2.42. The highest BCUT2D eigenvalue weighted by Crippen LogP contribution is 2.43. The zero-order chi connectivity index (χ0) is 18.3. The van der Waals surface area contributed by atoms with Crippen LogP contribution >= 0.6 is 0 Å². The van der Waals surface area contributed by atoms with Crippen molar-refractivity contribution in [3.8, 4) is 5.75 Å². The Morgan fingerprint density at radius 3 is 2.54 bits per heavy atom. The van der Waals surface area contributed by atoms with E-state index in [4.69, 9.17) is 14.0 Å². The minimum absolute atomic E-state index is 0.210. The molecule has 1 aromatic rings. The van der Waals surface area contributed by atoms with Gasteiger partial charge in [-0.3, -0.25) is 14.1 Å². The summed E-state index contributed by atoms with van der Waals surface area (Å²) in [5, 5.41) is 0. The van der Waals surface area contributed by atoms with E-state index in [1.165, 1.54) is 6.92 Å². The van der Waals surface area contributed by atoms with Crippen LogP contribution < -0.4 is 4.74 Å². The van der Waals surface area contributed by atoms with Gasteiger partial charge in [0.15, 0.2) is 0 Å². The predicted molar refractivity (Wildman–Crippen MR) is 83.7 cm³/mol. The van der Waals surface area contributed by atoms with Gasteiger partial charge >= 0.3 is 16.3 Å². The molecule has 1 aromatic carbocycles. The summed E-state index contributed by atoms with van der Waals surface area (Å²) >= 11 is 0. The number of amides is 1. The van der Waals surface area contributed by atoms with Crippen molar-refractivity contribution in [3.63, 3.8) is 0 Å². The molecular weight excluding hydrogens is 338 g/mol. The van der Waals surface area contributed by atoms with Crippen molar-refractivity contribution in [2.24, 2.45) is 0 Å². The van der Waals surface area contributed by atoms with Gasteiger partial charge in [-0.15, -0.1) is 0 Å². The zero-order valence-electron chi connectivity index (χ0n) is 13.8. The first-order chi connectivity index (χ1) is 10.9. The average Bonchev–Trinajstić information content (AvgIpc) is 2.68. The maximum Gasteiger partial charge on any atom is 0.361 e. The Morgan fingerprint density at radius 1 is 1.38 bits per heavy atom. The van der Waals surface area contributed by atoms with E-state index in [0.29, 0.717) is 11.3 Å². The van der Waals surface area contributed by atoms with Crippen LogP contribution in [0.2, 0.25) is 0 Å². The number of fused-ring (bicyclic) bond motifs is 1. The number of likely N-dealkylation sites (N-methyl/N-ethyl adjacent to an activating group) is 1. The highest BCUT2D eigenvalue weighted by Gasteiger charge is 2.44. The second-order valence-corrected chi connectivity index (χ2v) is 7.57. The summed E-state index contributed by atoms with van der Waals surface area (Å²) in [5.74, 6) is -0.706. The van der Waals surface area contributed by atoms with Crippen LogP contribution in [0.5, 0.6) is 5.75 Å². The summed E-state index contributed by atoms with van der Waals surface area (Å²) in [5.41, 5.74) is 0.664. The number of rotatable bonds is 4. The lowest BCUT2D eigenvalue weighted by molar-refractivity contribution is -0.165. The summed E-state index contributed by atoms with van der Waals surface area (Å²) in [7, 11) is -3.60. The minimum atomic E-state index is -4.58. The molecular formula is C15H19NO7S. The fourth-order valence-corrected chi connectivity index (χ4v) is 2.74. The molecule has 1 N–H and O–H groups in total. The number of hydrogen-bond acceptors (Lipinski definition) is 6. The number of carbonyl (C=O) groups excluding carboxylic acids is 2. The van der Waals surface area contributed by atoms with E-state index in [2.05, 4.69) is 0 Å². The van der Waals surface area contributed by atoms with Crippen molar-refractivity contribution in [1.82, 2.24) is 4.31 Å². The molecule has 0 radical (unpaired) electrons. The second-order valence-electron chi connectivity index (χ2n) is 6.13. The lowest BCUT2D eigenvalue weighted by Gasteiger charge is -2.24. The van der Waals surface area contributed by atoms with Crippen molar-refractivity contribution in [3.05, 3.63) is 29.3 Å². The van der Waals surface area contributed by atoms with Crippen LogP contribution in [0, 0.1) is 0 Å². The van der Waals surface area contributed by atoms with E-state index in [0.717, 1.165) is 12.6 Å². The number of ether oxygens (including phenoxy) is 2. The van der Waals surface area contributed by atoms with Crippen molar-refractivity contribution in [2.45, 2.75) is 38.9 Å². The predicted octanol–water partition coefficient (Wildman–Crippen LogP) is 1.05. The van der Waals surface area contributed by atoms with Crippen molar-refractivity contribution in [2.75, 3.05) is 7.05 Å². The molecule has 0 saturated carbocycles. The number of nitrogens with zero attached hydrogens (tertiary/aromatic N) is 1. The molecule has 1 aliphatic heterocycles. The third-order valence-corrected chi connectivity index (χ3v) is 4.78. The quantitative estimate of drug-likeness (QED) is 0.633. The Balaban J connectivity index is 2.25. The number of esters is 1. The molecule has 0 aliphatic carbocycles. The van der Waals surface area contributed by atoms with Gasteiger partial charge in [0, 0.05) is 19.5 Å². The van der Waals surface area contributed by atoms with E-state index in [1.807, 2.05) is 13.8 Å². The Bertz CT molecular complexity index is 785. The average molecular weight is 357 g/mol. The number of carbonyl (C=O) groups is 2. The Morgan fingerprint density at radius 2 is 2.00 bits per heavy atom. The molecule has 9 heteroatoms. The Hall–Kier alpha value is -2.13.